The molecule has 0 saturated heterocycles. The van der Waals surface area contributed by atoms with Crippen LogP contribution < -0.4 is 5.73 Å². The molecule has 0 fully saturated rings. The van der Waals surface area contributed by atoms with Gasteiger partial charge < -0.3 is 10.8 Å². The Labute approximate surface area is 87.5 Å². The smallest absolute Gasteiger partial charge is 0.132 e. The van der Waals surface area contributed by atoms with Crippen LogP contribution in [0.3, 0.4) is 0 Å². The van der Waals surface area contributed by atoms with E-state index in [9.17, 15) is 9.50 Å². The lowest BCUT2D eigenvalue weighted by molar-refractivity contribution is 0.162. The van der Waals surface area contributed by atoms with Crippen molar-refractivity contribution in [1.82, 2.24) is 0 Å². The van der Waals surface area contributed by atoms with Gasteiger partial charge in [0.05, 0.1) is 12.1 Å². The van der Waals surface area contributed by atoms with Gasteiger partial charge in [-0.2, -0.15) is 0 Å². The van der Waals surface area contributed by atoms with Gasteiger partial charge >= 0.3 is 0 Å². The van der Waals surface area contributed by atoms with Crippen molar-refractivity contribution in [2.75, 3.05) is 0 Å². The number of rotatable bonds is 2. The molecular weight excluding hydrogens is 205 g/mol. The quantitative estimate of drug-likeness (QED) is 0.798. The molecule has 14 heavy (non-hydrogen) atoms. The molecule has 0 heterocycles. The monoisotopic (exact) mass is 217 g/mol. The summed E-state index contributed by atoms with van der Waals surface area (Å²) in [6.45, 7) is 3.13. The van der Waals surface area contributed by atoms with Crippen LogP contribution in [0.2, 0.25) is 5.02 Å². The maximum atomic E-state index is 13.6. The number of nitrogens with two attached hydrogens (primary N) is 1. The van der Waals surface area contributed by atoms with Gasteiger partial charge in [0, 0.05) is 10.6 Å². The second-order valence-electron chi connectivity index (χ2n) is 3.36. The zero-order chi connectivity index (χ0) is 10.9. The van der Waals surface area contributed by atoms with Crippen molar-refractivity contribution in [1.29, 1.82) is 0 Å². The van der Waals surface area contributed by atoms with Crippen LogP contribution in [0.1, 0.15) is 24.1 Å². The van der Waals surface area contributed by atoms with E-state index in [0.29, 0.717) is 5.56 Å². The molecule has 0 spiro atoms. The molecule has 0 bridgehead atoms. The van der Waals surface area contributed by atoms with Crippen molar-refractivity contribution in [3.05, 3.63) is 34.1 Å². The average Bonchev–Trinajstić information content (AvgIpc) is 2.12. The summed E-state index contributed by atoms with van der Waals surface area (Å²) >= 11 is 5.81. The van der Waals surface area contributed by atoms with Crippen LogP contribution in [-0.2, 0) is 0 Å². The maximum Gasteiger partial charge on any atom is 0.132 e. The first-order valence-electron chi connectivity index (χ1n) is 4.33. The number of aliphatic hydroxyl groups is 1. The Balaban J connectivity index is 3.25. The van der Waals surface area contributed by atoms with Gasteiger partial charge in [-0.25, -0.2) is 4.39 Å². The third-order valence-corrected chi connectivity index (χ3v) is 2.50. The van der Waals surface area contributed by atoms with Gasteiger partial charge in [-0.15, -0.1) is 0 Å². The Kier molecular flexibility index (Phi) is 3.48. The normalized spacial score (nSPS) is 15.3. The lowest BCUT2D eigenvalue weighted by Gasteiger charge is -2.18. The van der Waals surface area contributed by atoms with Crippen LogP contribution >= 0.6 is 11.6 Å². The van der Waals surface area contributed by atoms with E-state index in [0.717, 1.165) is 0 Å². The van der Waals surface area contributed by atoms with Gasteiger partial charge in [-0.05, 0) is 25.5 Å². The number of benzene rings is 1. The van der Waals surface area contributed by atoms with E-state index >= 15 is 0 Å². The minimum absolute atomic E-state index is 0.182. The maximum absolute atomic E-state index is 13.6. The van der Waals surface area contributed by atoms with Crippen molar-refractivity contribution in [2.24, 2.45) is 5.73 Å². The van der Waals surface area contributed by atoms with Crippen LogP contribution in [0.25, 0.3) is 0 Å². The summed E-state index contributed by atoms with van der Waals surface area (Å²) < 4.78 is 13.6. The molecule has 0 aliphatic rings. The van der Waals surface area contributed by atoms with Gasteiger partial charge in [-0.3, -0.25) is 0 Å². The van der Waals surface area contributed by atoms with Crippen molar-refractivity contribution < 1.29 is 9.50 Å². The SMILES string of the molecule is Cc1ccc(Cl)c([C@H](N)[C@H](C)O)c1F. The van der Waals surface area contributed by atoms with Crippen LogP contribution in [0.4, 0.5) is 4.39 Å². The van der Waals surface area contributed by atoms with Crippen LogP contribution in [0.5, 0.6) is 0 Å². The van der Waals surface area contributed by atoms with E-state index < -0.39 is 18.0 Å². The predicted molar refractivity (Wildman–Crippen MR) is 54.8 cm³/mol. The second kappa shape index (κ2) is 4.26. The zero-order valence-electron chi connectivity index (χ0n) is 8.09. The summed E-state index contributed by atoms with van der Waals surface area (Å²) in [7, 11) is 0. The van der Waals surface area contributed by atoms with E-state index in [1.54, 1.807) is 19.1 Å². The van der Waals surface area contributed by atoms with Crippen LogP contribution in [0, 0.1) is 12.7 Å². The summed E-state index contributed by atoms with van der Waals surface area (Å²) in [4.78, 5) is 0. The Bertz CT molecular complexity index is 341. The number of hydrogen-bond donors (Lipinski definition) is 2. The molecule has 1 aromatic rings. The van der Waals surface area contributed by atoms with Crippen molar-refractivity contribution in [3.63, 3.8) is 0 Å². The molecule has 2 nitrogen and oxygen atoms in total. The first-order chi connectivity index (χ1) is 6.45. The number of aryl methyl sites for hydroxylation is 1. The molecular formula is C10H13ClFNO. The highest BCUT2D eigenvalue weighted by Gasteiger charge is 2.20. The summed E-state index contributed by atoms with van der Waals surface area (Å²) in [5, 5.41) is 9.52. The minimum atomic E-state index is -0.830. The molecule has 78 valence electrons. The van der Waals surface area contributed by atoms with E-state index in [1.165, 1.54) is 6.92 Å². The fourth-order valence-electron chi connectivity index (χ4n) is 1.23. The van der Waals surface area contributed by atoms with E-state index in [1.807, 2.05) is 0 Å². The highest BCUT2D eigenvalue weighted by atomic mass is 35.5. The Morgan fingerprint density at radius 3 is 2.57 bits per heavy atom. The van der Waals surface area contributed by atoms with E-state index in [4.69, 9.17) is 17.3 Å². The molecule has 2 atom stereocenters. The van der Waals surface area contributed by atoms with Crippen molar-refractivity contribution in [2.45, 2.75) is 26.0 Å². The standard InChI is InChI=1S/C10H13ClFNO/c1-5-3-4-7(11)8(9(5)12)10(13)6(2)14/h3-4,6,10,14H,13H2,1-2H3/t6-,10+/m0/s1. The van der Waals surface area contributed by atoms with Gasteiger partial charge in [-0.1, -0.05) is 17.7 Å². The second-order valence-corrected chi connectivity index (χ2v) is 3.77. The Hall–Kier alpha value is -0.640. The topological polar surface area (TPSA) is 46.2 Å². The molecule has 0 aliphatic carbocycles. The zero-order valence-corrected chi connectivity index (χ0v) is 8.85. The van der Waals surface area contributed by atoms with Gasteiger partial charge in [0.25, 0.3) is 0 Å². The number of halogens is 2. The lowest BCUT2D eigenvalue weighted by Crippen LogP contribution is -2.25. The van der Waals surface area contributed by atoms with Gasteiger partial charge in [0.2, 0.25) is 0 Å². The fourth-order valence-corrected chi connectivity index (χ4v) is 1.50. The first kappa shape index (κ1) is 11.4. The van der Waals surface area contributed by atoms with Crippen molar-refractivity contribution >= 4 is 11.6 Å². The summed E-state index contributed by atoms with van der Waals surface area (Å²) in [5.41, 5.74) is 6.29. The number of aliphatic hydroxyl groups excluding tert-OH is 1. The third kappa shape index (κ3) is 2.05. The van der Waals surface area contributed by atoms with Crippen molar-refractivity contribution in [3.8, 4) is 0 Å². The highest BCUT2D eigenvalue weighted by Crippen LogP contribution is 2.28. The largest absolute Gasteiger partial charge is 0.391 e. The fraction of sp³-hybridized carbons (Fsp3) is 0.400. The summed E-state index contributed by atoms with van der Waals surface area (Å²) in [6, 6.07) is 2.37. The molecule has 1 aromatic carbocycles. The Morgan fingerprint density at radius 1 is 1.50 bits per heavy atom. The highest BCUT2D eigenvalue weighted by molar-refractivity contribution is 6.31. The molecule has 0 aromatic heterocycles. The summed E-state index contributed by atoms with van der Waals surface area (Å²) in [5.74, 6) is -0.439. The minimum Gasteiger partial charge on any atom is -0.391 e. The number of hydrogen-bond acceptors (Lipinski definition) is 2. The molecule has 4 heteroatoms. The van der Waals surface area contributed by atoms with Gasteiger partial charge in [0.15, 0.2) is 0 Å². The first-order valence-corrected chi connectivity index (χ1v) is 4.71. The molecule has 0 saturated carbocycles. The molecule has 0 amide bonds. The molecule has 3 N–H and O–H groups in total. The van der Waals surface area contributed by atoms with Crippen LogP contribution in [-0.4, -0.2) is 11.2 Å². The predicted octanol–water partition coefficient (Wildman–Crippen LogP) is 2.17. The molecule has 0 unspecified atom stereocenters. The average molecular weight is 218 g/mol. The molecule has 1 rings (SSSR count). The Morgan fingerprint density at radius 2 is 2.07 bits per heavy atom. The van der Waals surface area contributed by atoms with E-state index in [2.05, 4.69) is 0 Å². The van der Waals surface area contributed by atoms with Gasteiger partial charge in [0.1, 0.15) is 5.82 Å². The van der Waals surface area contributed by atoms with Crippen LogP contribution in [0.15, 0.2) is 12.1 Å². The summed E-state index contributed by atoms with van der Waals surface area (Å²) in [6.07, 6.45) is -0.830. The third-order valence-electron chi connectivity index (χ3n) is 2.17. The molecule has 0 aliphatic heterocycles. The molecule has 0 radical (unpaired) electrons. The van der Waals surface area contributed by atoms with E-state index in [-0.39, 0.29) is 10.6 Å². The lowest BCUT2D eigenvalue weighted by atomic mass is 10.0.